The average Bonchev–Trinajstić information content (AvgIpc) is 2.57. The van der Waals surface area contributed by atoms with Gasteiger partial charge in [-0.15, -0.1) is 0 Å². The number of rotatable bonds is 0. The number of carbonyl (C=O) groups is 1. The molecule has 0 spiro atoms. The van der Waals surface area contributed by atoms with Crippen LogP contribution in [-0.2, 0) is 4.79 Å². The van der Waals surface area contributed by atoms with Gasteiger partial charge in [-0.3, -0.25) is 4.79 Å². The van der Waals surface area contributed by atoms with Crippen LogP contribution in [0.1, 0.15) is 12.8 Å². The van der Waals surface area contributed by atoms with Gasteiger partial charge in [0.15, 0.2) is 11.5 Å². The molecule has 1 aliphatic rings. The van der Waals surface area contributed by atoms with Crippen molar-refractivity contribution in [1.82, 2.24) is 4.90 Å². The number of carbonyl (C=O) groups excluding carboxylic acids is 1. The fraction of sp³-hybridized carbons (Fsp3) is 0.364. The van der Waals surface area contributed by atoms with Gasteiger partial charge in [0.1, 0.15) is 0 Å². The fourth-order valence-electron chi connectivity index (χ4n) is 1.25. The smallest absolute Gasteiger partial charge is 0.222 e. The maximum atomic E-state index is 10.5. The molecule has 1 fully saturated rings. The van der Waals surface area contributed by atoms with Crippen LogP contribution in [0.15, 0.2) is 24.3 Å². The minimum atomic E-state index is -0.0764. The lowest BCUT2D eigenvalue weighted by Crippen LogP contribution is -2.17. The molecule has 0 aliphatic carbocycles. The highest BCUT2D eigenvalue weighted by molar-refractivity contribution is 5.77. The van der Waals surface area contributed by atoms with Gasteiger partial charge in [-0.1, -0.05) is 12.1 Å². The van der Waals surface area contributed by atoms with Gasteiger partial charge in [0.2, 0.25) is 5.91 Å². The van der Waals surface area contributed by atoms with Crippen molar-refractivity contribution in [3.63, 3.8) is 0 Å². The minimum absolute atomic E-state index is 0.0764. The van der Waals surface area contributed by atoms with Crippen LogP contribution in [0.2, 0.25) is 0 Å². The number of likely N-dealkylation sites (tertiary alicyclic amines) is 1. The Balaban J connectivity index is 0.000000151. The minimum Gasteiger partial charge on any atom is -0.504 e. The molecule has 0 bridgehead atoms. The molecule has 0 unspecified atom stereocenters. The van der Waals surface area contributed by atoms with E-state index in [2.05, 4.69) is 0 Å². The molecule has 4 heteroatoms. The van der Waals surface area contributed by atoms with Crippen LogP contribution in [0.25, 0.3) is 0 Å². The Hall–Kier alpha value is -1.71. The number of aromatic hydroxyl groups is 2. The van der Waals surface area contributed by atoms with Gasteiger partial charge in [-0.25, -0.2) is 0 Å². The van der Waals surface area contributed by atoms with Crippen LogP contribution in [-0.4, -0.2) is 34.6 Å². The van der Waals surface area contributed by atoms with Crippen LogP contribution in [0.3, 0.4) is 0 Å². The summed E-state index contributed by atoms with van der Waals surface area (Å²) in [5.74, 6) is 0.139. The average molecular weight is 209 g/mol. The maximum absolute atomic E-state index is 10.5. The SMILES string of the molecule is CN1CCCC1=O.Oc1ccccc1O. The third kappa shape index (κ3) is 3.50. The van der Waals surface area contributed by atoms with E-state index in [0.29, 0.717) is 5.91 Å². The summed E-state index contributed by atoms with van der Waals surface area (Å²) in [7, 11) is 1.84. The van der Waals surface area contributed by atoms with Crippen molar-refractivity contribution in [3.05, 3.63) is 24.3 Å². The highest BCUT2D eigenvalue weighted by Gasteiger charge is 2.14. The molecular weight excluding hydrogens is 194 g/mol. The molecule has 82 valence electrons. The topological polar surface area (TPSA) is 60.8 Å². The van der Waals surface area contributed by atoms with Gasteiger partial charge in [0.05, 0.1) is 0 Å². The van der Waals surface area contributed by atoms with Crippen LogP contribution in [0.5, 0.6) is 11.5 Å². The third-order valence-electron chi connectivity index (χ3n) is 2.19. The summed E-state index contributed by atoms with van der Waals surface area (Å²) in [6, 6.07) is 6.15. The van der Waals surface area contributed by atoms with Crippen molar-refractivity contribution in [2.45, 2.75) is 12.8 Å². The first-order chi connectivity index (χ1) is 7.11. The van der Waals surface area contributed by atoms with Crippen molar-refractivity contribution in [1.29, 1.82) is 0 Å². The molecule has 2 N–H and O–H groups in total. The molecule has 2 rings (SSSR count). The Bertz CT molecular complexity index is 317. The second-order valence-electron chi connectivity index (χ2n) is 3.41. The molecule has 4 nitrogen and oxygen atoms in total. The first kappa shape index (κ1) is 11.4. The van der Waals surface area contributed by atoms with E-state index in [1.165, 1.54) is 12.1 Å². The molecule has 1 aliphatic heterocycles. The summed E-state index contributed by atoms with van der Waals surface area (Å²) < 4.78 is 0. The number of nitrogens with zero attached hydrogens (tertiary/aromatic N) is 1. The lowest BCUT2D eigenvalue weighted by Gasteiger charge is -2.03. The zero-order valence-corrected chi connectivity index (χ0v) is 8.68. The van der Waals surface area contributed by atoms with Crippen molar-refractivity contribution in [3.8, 4) is 11.5 Å². The molecule has 1 aromatic carbocycles. The number of hydrogen-bond donors (Lipinski definition) is 2. The second-order valence-corrected chi connectivity index (χ2v) is 3.41. The summed E-state index contributed by atoms with van der Waals surface area (Å²) >= 11 is 0. The van der Waals surface area contributed by atoms with E-state index in [1.54, 1.807) is 17.0 Å². The molecule has 1 aromatic rings. The third-order valence-corrected chi connectivity index (χ3v) is 2.19. The lowest BCUT2D eigenvalue weighted by molar-refractivity contribution is -0.126. The predicted octanol–water partition coefficient (Wildman–Crippen LogP) is 1.34. The molecule has 0 saturated carbocycles. The standard InChI is InChI=1S/C6H6O2.C5H9NO/c7-5-3-1-2-4-6(5)8;1-6-4-2-3-5(6)7/h1-4,7-8H;2-4H2,1H3. The van der Waals surface area contributed by atoms with E-state index < -0.39 is 0 Å². The summed E-state index contributed by atoms with van der Waals surface area (Å²) in [6.45, 7) is 0.957. The number of phenols is 2. The van der Waals surface area contributed by atoms with E-state index in [0.717, 1.165) is 19.4 Å². The van der Waals surface area contributed by atoms with Crippen LogP contribution < -0.4 is 0 Å². The largest absolute Gasteiger partial charge is 0.504 e. The van der Waals surface area contributed by atoms with E-state index in [9.17, 15) is 4.79 Å². The number of hydrogen-bond acceptors (Lipinski definition) is 3. The highest BCUT2D eigenvalue weighted by atomic mass is 16.3. The van der Waals surface area contributed by atoms with Gasteiger partial charge in [-0.05, 0) is 18.6 Å². The van der Waals surface area contributed by atoms with Crippen LogP contribution in [0, 0.1) is 0 Å². The van der Waals surface area contributed by atoms with Crippen molar-refractivity contribution < 1.29 is 15.0 Å². The molecule has 0 atom stereocenters. The first-order valence-corrected chi connectivity index (χ1v) is 4.82. The van der Waals surface area contributed by atoms with Crippen LogP contribution in [0.4, 0.5) is 0 Å². The monoisotopic (exact) mass is 209 g/mol. The van der Waals surface area contributed by atoms with Crippen molar-refractivity contribution in [2.24, 2.45) is 0 Å². The van der Waals surface area contributed by atoms with Crippen molar-refractivity contribution in [2.75, 3.05) is 13.6 Å². The summed E-state index contributed by atoms with van der Waals surface area (Å²) in [6.07, 6.45) is 1.81. The van der Waals surface area contributed by atoms with Crippen LogP contribution >= 0.6 is 0 Å². The number of phenolic OH excluding ortho intramolecular Hbond substituents is 2. The summed E-state index contributed by atoms with van der Waals surface area (Å²) in [4.78, 5) is 12.3. The Morgan fingerprint density at radius 3 is 1.93 bits per heavy atom. The Morgan fingerprint density at radius 2 is 1.73 bits per heavy atom. The highest BCUT2D eigenvalue weighted by Crippen LogP contribution is 2.21. The molecule has 0 aromatic heterocycles. The Kier molecular flexibility index (Phi) is 3.97. The Labute approximate surface area is 88.8 Å². The molecule has 15 heavy (non-hydrogen) atoms. The number of amides is 1. The van der Waals surface area contributed by atoms with Gasteiger partial charge in [0, 0.05) is 20.0 Å². The van der Waals surface area contributed by atoms with E-state index >= 15 is 0 Å². The zero-order chi connectivity index (χ0) is 11.3. The fourth-order valence-corrected chi connectivity index (χ4v) is 1.25. The quantitative estimate of drug-likeness (QED) is 0.634. The summed E-state index contributed by atoms with van der Waals surface area (Å²) in [5.41, 5.74) is 0. The molecule has 1 amide bonds. The molecule has 1 heterocycles. The van der Waals surface area contributed by atoms with Crippen molar-refractivity contribution >= 4 is 5.91 Å². The Morgan fingerprint density at radius 1 is 1.20 bits per heavy atom. The van der Waals surface area contributed by atoms with Gasteiger partial charge >= 0.3 is 0 Å². The number of benzene rings is 1. The van der Waals surface area contributed by atoms with Gasteiger partial charge in [-0.2, -0.15) is 0 Å². The van der Waals surface area contributed by atoms with E-state index in [-0.39, 0.29) is 11.5 Å². The van der Waals surface area contributed by atoms with E-state index in [1.807, 2.05) is 7.05 Å². The summed E-state index contributed by atoms with van der Waals surface area (Å²) in [5, 5.41) is 17.3. The van der Waals surface area contributed by atoms with Gasteiger partial charge < -0.3 is 15.1 Å². The molecule has 0 radical (unpaired) electrons. The second kappa shape index (κ2) is 5.24. The lowest BCUT2D eigenvalue weighted by atomic mass is 10.3. The maximum Gasteiger partial charge on any atom is 0.222 e. The molecular formula is C11H15NO3. The number of para-hydroxylation sites is 2. The first-order valence-electron chi connectivity index (χ1n) is 4.82. The molecule has 1 saturated heterocycles. The zero-order valence-electron chi connectivity index (χ0n) is 8.68. The van der Waals surface area contributed by atoms with Gasteiger partial charge in [0.25, 0.3) is 0 Å². The van der Waals surface area contributed by atoms with E-state index in [4.69, 9.17) is 10.2 Å². The normalized spacial score (nSPS) is 14.7. The predicted molar refractivity (Wildman–Crippen MR) is 56.6 cm³/mol.